The predicted molar refractivity (Wildman–Crippen MR) is 110 cm³/mol. The second-order valence-electron chi connectivity index (χ2n) is 7.00. The van der Waals surface area contributed by atoms with Crippen molar-refractivity contribution in [3.63, 3.8) is 0 Å². The fourth-order valence-electron chi connectivity index (χ4n) is 3.42. The van der Waals surface area contributed by atoms with Crippen LogP contribution in [0.15, 0.2) is 30.3 Å². The number of aryl methyl sites for hydroxylation is 1. The monoisotopic (exact) mass is 413 g/mol. The topological polar surface area (TPSA) is 98.1 Å². The zero-order valence-electron chi connectivity index (χ0n) is 16.2. The Labute approximate surface area is 172 Å². The molecule has 1 aliphatic rings. The highest BCUT2D eigenvalue weighted by Gasteiger charge is 2.26. The first-order valence-electron chi connectivity index (χ1n) is 9.60. The number of amides is 2. The SMILES string of the molecule is COCCNC(=O)c1cc2n(n1)CC(NC(=O)CCc1nc3ccccc3s1)C2. The number of hydrogen-bond donors (Lipinski definition) is 2. The Balaban J connectivity index is 1.25. The Morgan fingerprint density at radius 1 is 1.34 bits per heavy atom. The molecule has 1 aromatic carbocycles. The van der Waals surface area contributed by atoms with Crippen molar-refractivity contribution < 1.29 is 14.3 Å². The maximum atomic E-state index is 12.3. The van der Waals surface area contributed by atoms with Crippen LogP contribution in [0.1, 0.15) is 27.6 Å². The molecule has 1 atom stereocenters. The van der Waals surface area contributed by atoms with Gasteiger partial charge in [0.05, 0.1) is 34.4 Å². The summed E-state index contributed by atoms with van der Waals surface area (Å²) in [6.45, 7) is 1.49. The smallest absolute Gasteiger partial charge is 0.271 e. The summed E-state index contributed by atoms with van der Waals surface area (Å²) < 4.78 is 7.86. The number of para-hydroxylation sites is 1. The van der Waals surface area contributed by atoms with E-state index in [-0.39, 0.29) is 17.9 Å². The van der Waals surface area contributed by atoms with Crippen molar-refractivity contribution in [3.8, 4) is 0 Å². The van der Waals surface area contributed by atoms with Gasteiger partial charge in [0.2, 0.25) is 5.91 Å². The quantitative estimate of drug-likeness (QED) is 0.546. The number of methoxy groups -OCH3 is 1. The predicted octanol–water partition coefficient (Wildman–Crippen LogP) is 1.54. The van der Waals surface area contributed by atoms with E-state index in [2.05, 4.69) is 20.7 Å². The minimum Gasteiger partial charge on any atom is -0.383 e. The summed E-state index contributed by atoms with van der Waals surface area (Å²) in [5.41, 5.74) is 2.34. The van der Waals surface area contributed by atoms with Crippen molar-refractivity contribution in [2.24, 2.45) is 0 Å². The van der Waals surface area contributed by atoms with Crippen LogP contribution in [-0.4, -0.2) is 52.9 Å². The highest BCUT2D eigenvalue weighted by Crippen LogP contribution is 2.22. The van der Waals surface area contributed by atoms with Crippen LogP contribution in [0.2, 0.25) is 0 Å². The Hall–Kier alpha value is -2.78. The molecule has 152 valence electrons. The van der Waals surface area contributed by atoms with Crippen molar-refractivity contribution in [1.29, 1.82) is 0 Å². The molecule has 0 saturated carbocycles. The molecule has 0 bridgehead atoms. The number of nitrogens with zero attached hydrogens (tertiary/aromatic N) is 3. The second kappa shape index (κ2) is 8.71. The van der Waals surface area contributed by atoms with Gasteiger partial charge in [-0.15, -0.1) is 11.3 Å². The number of rotatable bonds is 8. The van der Waals surface area contributed by atoms with Gasteiger partial charge in [-0.05, 0) is 18.2 Å². The molecule has 2 N–H and O–H groups in total. The lowest BCUT2D eigenvalue weighted by molar-refractivity contribution is -0.121. The molecular weight excluding hydrogens is 390 g/mol. The van der Waals surface area contributed by atoms with Crippen molar-refractivity contribution in [2.75, 3.05) is 20.3 Å². The fourth-order valence-corrected chi connectivity index (χ4v) is 4.38. The minimum absolute atomic E-state index is 0.00553. The third kappa shape index (κ3) is 4.63. The van der Waals surface area contributed by atoms with Crippen LogP contribution in [0.25, 0.3) is 10.2 Å². The van der Waals surface area contributed by atoms with Crippen molar-refractivity contribution >= 4 is 33.4 Å². The fraction of sp³-hybridized carbons (Fsp3) is 0.400. The summed E-state index contributed by atoms with van der Waals surface area (Å²) in [7, 11) is 1.59. The normalized spacial score (nSPS) is 15.4. The number of hydrogen-bond acceptors (Lipinski definition) is 6. The first-order valence-corrected chi connectivity index (χ1v) is 10.4. The molecular formula is C20H23N5O3S. The van der Waals surface area contributed by atoms with E-state index in [9.17, 15) is 9.59 Å². The van der Waals surface area contributed by atoms with Crippen LogP contribution in [0, 0.1) is 0 Å². The molecule has 2 amide bonds. The van der Waals surface area contributed by atoms with E-state index in [1.54, 1.807) is 29.2 Å². The third-order valence-electron chi connectivity index (χ3n) is 4.81. The Morgan fingerprint density at radius 2 is 2.21 bits per heavy atom. The van der Waals surface area contributed by atoms with E-state index in [1.165, 1.54) is 0 Å². The summed E-state index contributed by atoms with van der Waals surface area (Å²) in [5, 5.41) is 11.2. The van der Waals surface area contributed by atoms with Gasteiger partial charge < -0.3 is 15.4 Å². The molecule has 0 fully saturated rings. The molecule has 0 aliphatic carbocycles. The molecule has 8 nitrogen and oxygen atoms in total. The van der Waals surface area contributed by atoms with Crippen LogP contribution in [0.5, 0.6) is 0 Å². The molecule has 1 aliphatic heterocycles. The van der Waals surface area contributed by atoms with Crippen molar-refractivity contribution in [3.05, 3.63) is 46.7 Å². The van der Waals surface area contributed by atoms with Crippen LogP contribution in [0.4, 0.5) is 0 Å². The average Bonchev–Trinajstić information content (AvgIpc) is 3.38. The summed E-state index contributed by atoms with van der Waals surface area (Å²) in [4.78, 5) is 29.0. The highest BCUT2D eigenvalue weighted by atomic mass is 32.1. The molecule has 3 aromatic rings. The van der Waals surface area contributed by atoms with E-state index < -0.39 is 0 Å². The second-order valence-corrected chi connectivity index (χ2v) is 8.11. The van der Waals surface area contributed by atoms with Gasteiger partial charge >= 0.3 is 0 Å². The molecule has 9 heteroatoms. The van der Waals surface area contributed by atoms with E-state index in [1.807, 2.05) is 24.3 Å². The first kappa shape index (κ1) is 19.5. The average molecular weight is 414 g/mol. The van der Waals surface area contributed by atoms with E-state index in [0.29, 0.717) is 44.7 Å². The molecule has 0 saturated heterocycles. The summed E-state index contributed by atoms with van der Waals surface area (Å²) in [6.07, 6.45) is 1.71. The largest absolute Gasteiger partial charge is 0.383 e. The van der Waals surface area contributed by atoms with Gasteiger partial charge in [0, 0.05) is 38.6 Å². The summed E-state index contributed by atoms with van der Waals surface area (Å²) in [5.74, 6) is -0.196. The van der Waals surface area contributed by atoms with Crippen molar-refractivity contribution in [2.45, 2.75) is 31.8 Å². The highest BCUT2D eigenvalue weighted by molar-refractivity contribution is 7.18. The van der Waals surface area contributed by atoms with E-state index >= 15 is 0 Å². The standard InChI is InChI=1S/C20H23N5O3S/c1-28-9-8-21-20(27)16-11-14-10-13(12-25(14)24-16)22-18(26)6-7-19-23-15-4-2-3-5-17(15)29-19/h2-5,11,13H,6-10,12H2,1H3,(H,21,27)(H,22,26). The van der Waals surface area contributed by atoms with Gasteiger partial charge in [-0.25, -0.2) is 4.98 Å². The Bertz CT molecular complexity index is 972. The Kier molecular flexibility index (Phi) is 5.86. The maximum Gasteiger partial charge on any atom is 0.271 e. The number of aromatic nitrogens is 3. The number of benzene rings is 1. The van der Waals surface area contributed by atoms with Crippen molar-refractivity contribution in [1.82, 2.24) is 25.4 Å². The van der Waals surface area contributed by atoms with Gasteiger partial charge in [-0.2, -0.15) is 5.10 Å². The molecule has 29 heavy (non-hydrogen) atoms. The number of fused-ring (bicyclic) bond motifs is 2. The number of thiazole rings is 1. The minimum atomic E-state index is -0.208. The molecule has 3 heterocycles. The lowest BCUT2D eigenvalue weighted by Gasteiger charge is -2.11. The molecule has 1 unspecified atom stereocenters. The van der Waals surface area contributed by atoms with Gasteiger partial charge in [0.25, 0.3) is 5.91 Å². The molecule has 0 spiro atoms. The zero-order valence-corrected chi connectivity index (χ0v) is 17.0. The number of nitrogens with one attached hydrogen (secondary N) is 2. The van der Waals surface area contributed by atoms with Gasteiger partial charge in [0.15, 0.2) is 0 Å². The number of carbonyl (C=O) groups excluding carboxylic acids is 2. The van der Waals surface area contributed by atoms with Gasteiger partial charge in [-0.1, -0.05) is 12.1 Å². The van der Waals surface area contributed by atoms with Crippen LogP contribution < -0.4 is 10.6 Å². The van der Waals surface area contributed by atoms with Crippen LogP contribution in [0.3, 0.4) is 0 Å². The number of ether oxygens (including phenoxy) is 1. The zero-order chi connectivity index (χ0) is 20.2. The summed E-state index contributed by atoms with van der Waals surface area (Å²) >= 11 is 1.63. The lowest BCUT2D eigenvalue weighted by atomic mass is 10.2. The number of carbonyl (C=O) groups is 2. The molecule has 4 rings (SSSR count). The Morgan fingerprint density at radius 3 is 3.00 bits per heavy atom. The first-order chi connectivity index (χ1) is 14.1. The van der Waals surface area contributed by atoms with E-state index in [4.69, 9.17) is 4.74 Å². The molecule has 0 radical (unpaired) electrons. The third-order valence-corrected chi connectivity index (χ3v) is 5.90. The van der Waals surface area contributed by atoms with Crippen LogP contribution >= 0.6 is 11.3 Å². The van der Waals surface area contributed by atoms with Gasteiger partial charge in [-0.3, -0.25) is 14.3 Å². The molecule has 2 aromatic heterocycles. The lowest BCUT2D eigenvalue weighted by Crippen LogP contribution is -2.36. The van der Waals surface area contributed by atoms with Gasteiger partial charge in [0.1, 0.15) is 5.69 Å². The van der Waals surface area contributed by atoms with E-state index in [0.717, 1.165) is 20.9 Å². The summed E-state index contributed by atoms with van der Waals surface area (Å²) in [6, 6.07) is 9.79. The van der Waals surface area contributed by atoms with Crippen LogP contribution in [-0.2, 0) is 28.9 Å². The maximum absolute atomic E-state index is 12.3.